The fraction of sp³-hybridized carbons (Fsp3) is 0.296. The van der Waals surface area contributed by atoms with Crippen molar-refractivity contribution in [2.24, 2.45) is 10.2 Å². The van der Waals surface area contributed by atoms with Crippen LogP contribution in [0.5, 0.6) is 11.5 Å². The first-order chi connectivity index (χ1) is 15.5. The lowest BCUT2D eigenvalue weighted by molar-refractivity contribution is 0.0734. The maximum absolute atomic E-state index is 12.4. The van der Waals surface area contributed by atoms with E-state index in [9.17, 15) is 4.79 Å². The smallest absolute Gasteiger partial charge is 0.343 e. The summed E-state index contributed by atoms with van der Waals surface area (Å²) in [7, 11) is 0. The number of hydrogen-bond acceptors (Lipinski definition) is 5. The maximum atomic E-state index is 12.4. The fourth-order valence-electron chi connectivity index (χ4n) is 3.18. The molecule has 0 unspecified atom stereocenters. The largest absolute Gasteiger partial charge is 0.494 e. The number of nitrogens with zero attached hydrogens (tertiary/aromatic N) is 2. The maximum Gasteiger partial charge on any atom is 0.343 e. The number of esters is 1. The van der Waals surface area contributed by atoms with Crippen molar-refractivity contribution in [1.82, 2.24) is 0 Å². The van der Waals surface area contributed by atoms with Gasteiger partial charge in [0.15, 0.2) is 0 Å². The van der Waals surface area contributed by atoms with E-state index in [1.165, 1.54) is 24.8 Å². The number of aryl methyl sites for hydroxylation is 2. The summed E-state index contributed by atoms with van der Waals surface area (Å²) in [5, 5.41) is 8.57. The van der Waals surface area contributed by atoms with E-state index >= 15 is 0 Å². The summed E-state index contributed by atoms with van der Waals surface area (Å²) in [6.07, 6.45) is 4.64. The highest BCUT2D eigenvalue weighted by Gasteiger charge is 2.09. The Balaban J connectivity index is 1.52. The summed E-state index contributed by atoms with van der Waals surface area (Å²) >= 11 is 0. The minimum Gasteiger partial charge on any atom is -0.494 e. The molecular weight excluding hydrogens is 400 g/mol. The van der Waals surface area contributed by atoms with Crippen LogP contribution in [0.2, 0.25) is 0 Å². The first kappa shape index (κ1) is 23.2. The standard InChI is InChI=1S/C27H30N2O3/c1-4-5-6-7-18-31-24-13-9-22(10-14-24)27(30)32-25-15-11-23(12-16-25)28-29-26-17-8-20(2)19-21(26)3/h8-17,19H,4-7,18H2,1-3H3. The predicted octanol–water partition coefficient (Wildman–Crippen LogP) is 7.90. The minimum absolute atomic E-state index is 0.413. The van der Waals surface area contributed by atoms with Crippen LogP contribution in [0.15, 0.2) is 77.0 Å². The molecule has 3 aromatic carbocycles. The molecule has 0 aliphatic rings. The van der Waals surface area contributed by atoms with Crippen LogP contribution in [0.1, 0.15) is 54.1 Å². The Morgan fingerprint density at radius 2 is 1.53 bits per heavy atom. The number of azo groups is 1. The molecule has 0 N–H and O–H groups in total. The summed E-state index contributed by atoms with van der Waals surface area (Å²) in [5.74, 6) is 0.803. The second-order valence-electron chi connectivity index (χ2n) is 7.81. The van der Waals surface area contributed by atoms with Crippen molar-refractivity contribution in [3.8, 4) is 11.5 Å². The molecule has 0 saturated carbocycles. The van der Waals surface area contributed by atoms with E-state index in [4.69, 9.17) is 9.47 Å². The Morgan fingerprint density at radius 1 is 0.812 bits per heavy atom. The van der Waals surface area contributed by atoms with Crippen molar-refractivity contribution in [3.05, 3.63) is 83.4 Å². The summed E-state index contributed by atoms with van der Waals surface area (Å²) in [5.41, 5.74) is 4.26. The van der Waals surface area contributed by atoms with Gasteiger partial charge in [-0.15, -0.1) is 0 Å². The van der Waals surface area contributed by atoms with Crippen molar-refractivity contribution in [1.29, 1.82) is 0 Å². The second-order valence-corrected chi connectivity index (χ2v) is 7.81. The van der Waals surface area contributed by atoms with E-state index in [1.807, 2.05) is 26.0 Å². The fourth-order valence-corrected chi connectivity index (χ4v) is 3.18. The molecule has 3 aromatic rings. The molecule has 0 radical (unpaired) electrons. The third-order valence-electron chi connectivity index (χ3n) is 5.03. The molecule has 0 aliphatic heterocycles. The van der Waals surface area contributed by atoms with Crippen molar-refractivity contribution in [2.75, 3.05) is 6.61 Å². The highest BCUT2D eigenvalue weighted by Crippen LogP contribution is 2.24. The molecule has 0 atom stereocenters. The molecule has 0 aliphatic carbocycles. The van der Waals surface area contributed by atoms with Gasteiger partial charge in [0.1, 0.15) is 11.5 Å². The molecular formula is C27H30N2O3. The van der Waals surface area contributed by atoms with Gasteiger partial charge in [-0.25, -0.2) is 4.79 Å². The van der Waals surface area contributed by atoms with Gasteiger partial charge in [0.25, 0.3) is 0 Å². The quantitative estimate of drug-likeness (QED) is 0.142. The third-order valence-corrected chi connectivity index (χ3v) is 5.03. The van der Waals surface area contributed by atoms with Crippen LogP contribution < -0.4 is 9.47 Å². The molecule has 5 nitrogen and oxygen atoms in total. The van der Waals surface area contributed by atoms with Crippen LogP contribution in [-0.2, 0) is 0 Å². The van der Waals surface area contributed by atoms with Gasteiger partial charge in [0.05, 0.1) is 23.5 Å². The van der Waals surface area contributed by atoms with E-state index in [0.717, 1.165) is 23.4 Å². The monoisotopic (exact) mass is 430 g/mol. The molecule has 0 spiro atoms. The summed E-state index contributed by atoms with van der Waals surface area (Å²) in [4.78, 5) is 12.4. The topological polar surface area (TPSA) is 60.2 Å². The number of rotatable bonds is 10. The molecule has 5 heteroatoms. The van der Waals surface area contributed by atoms with Crippen LogP contribution >= 0.6 is 0 Å². The van der Waals surface area contributed by atoms with Crippen molar-refractivity contribution in [2.45, 2.75) is 46.5 Å². The van der Waals surface area contributed by atoms with E-state index < -0.39 is 5.97 Å². The minimum atomic E-state index is -0.413. The lowest BCUT2D eigenvalue weighted by Gasteiger charge is -2.07. The normalized spacial score (nSPS) is 11.0. The zero-order valence-electron chi connectivity index (χ0n) is 19.0. The molecule has 0 fully saturated rings. The molecule has 166 valence electrons. The first-order valence-electron chi connectivity index (χ1n) is 11.1. The van der Waals surface area contributed by atoms with Gasteiger partial charge in [-0.3, -0.25) is 0 Å². The summed E-state index contributed by atoms with van der Waals surface area (Å²) in [6.45, 7) is 6.93. The van der Waals surface area contributed by atoms with Crippen LogP contribution in [-0.4, -0.2) is 12.6 Å². The number of unbranched alkanes of at least 4 members (excludes halogenated alkanes) is 3. The number of hydrogen-bond donors (Lipinski definition) is 0. The second kappa shape index (κ2) is 11.8. The third kappa shape index (κ3) is 7.05. The zero-order valence-corrected chi connectivity index (χ0v) is 19.0. The number of benzene rings is 3. The Hall–Kier alpha value is -3.47. The van der Waals surface area contributed by atoms with E-state index in [-0.39, 0.29) is 0 Å². The van der Waals surface area contributed by atoms with E-state index in [0.29, 0.717) is 23.6 Å². The van der Waals surface area contributed by atoms with Gasteiger partial charge >= 0.3 is 5.97 Å². The van der Waals surface area contributed by atoms with Crippen LogP contribution in [0.25, 0.3) is 0 Å². The molecule has 0 heterocycles. The van der Waals surface area contributed by atoms with Crippen LogP contribution in [0, 0.1) is 13.8 Å². The SMILES string of the molecule is CCCCCCOc1ccc(C(=O)Oc2ccc(N=Nc3ccc(C)cc3C)cc2)cc1. The summed E-state index contributed by atoms with van der Waals surface area (Å²) in [6, 6.07) is 20.0. The van der Waals surface area contributed by atoms with Crippen molar-refractivity contribution < 1.29 is 14.3 Å². The van der Waals surface area contributed by atoms with Gasteiger partial charge in [-0.2, -0.15) is 10.2 Å². The van der Waals surface area contributed by atoms with Gasteiger partial charge in [0, 0.05) is 0 Å². The van der Waals surface area contributed by atoms with Crippen molar-refractivity contribution >= 4 is 17.3 Å². The molecule has 3 rings (SSSR count). The lowest BCUT2D eigenvalue weighted by atomic mass is 10.1. The highest BCUT2D eigenvalue weighted by atomic mass is 16.5. The molecule has 0 aromatic heterocycles. The predicted molar refractivity (Wildman–Crippen MR) is 128 cm³/mol. The molecule has 32 heavy (non-hydrogen) atoms. The average Bonchev–Trinajstić information content (AvgIpc) is 2.80. The Morgan fingerprint density at radius 3 is 2.22 bits per heavy atom. The van der Waals surface area contributed by atoms with Gasteiger partial charge in [-0.05, 0) is 80.4 Å². The Kier molecular flexibility index (Phi) is 8.55. The Labute approximate surface area is 190 Å². The van der Waals surface area contributed by atoms with Gasteiger partial charge in [0.2, 0.25) is 0 Å². The van der Waals surface area contributed by atoms with Crippen molar-refractivity contribution in [3.63, 3.8) is 0 Å². The highest BCUT2D eigenvalue weighted by molar-refractivity contribution is 5.91. The van der Waals surface area contributed by atoms with E-state index in [2.05, 4.69) is 23.2 Å². The average molecular weight is 431 g/mol. The van der Waals surface area contributed by atoms with Gasteiger partial charge in [-0.1, -0.05) is 43.9 Å². The van der Waals surface area contributed by atoms with Crippen LogP contribution in [0.3, 0.4) is 0 Å². The molecule has 0 amide bonds. The van der Waals surface area contributed by atoms with E-state index in [1.54, 1.807) is 48.5 Å². The van der Waals surface area contributed by atoms with Gasteiger partial charge < -0.3 is 9.47 Å². The zero-order chi connectivity index (χ0) is 22.8. The lowest BCUT2D eigenvalue weighted by Crippen LogP contribution is -2.08. The number of ether oxygens (including phenoxy) is 2. The number of carbonyl (C=O) groups is 1. The molecule has 0 saturated heterocycles. The first-order valence-corrected chi connectivity index (χ1v) is 11.1. The van der Waals surface area contributed by atoms with Crippen LogP contribution in [0.4, 0.5) is 11.4 Å². The Bertz CT molecular complexity index is 1040. The summed E-state index contributed by atoms with van der Waals surface area (Å²) < 4.78 is 11.2. The number of carbonyl (C=O) groups excluding carboxylic acids is 1. The molecule has 0 bridgehead atoms.